The zero-order chi connectivity index (χ0) is 10.1. The molecular formula is C7H3F3I2O. The van der Waals surface area contributed by atoms with Gasteiger partial charge in [0.15, 0.2) is 0 Å². The minimum absolute atomic E-state index is 0.153. The van der Waals surface area contributed by atoms with Crippen molar-refractivity contribution in [1.29, 1.82) is 0 Å². The molecule has 13 heavy (non-hydrogen) atoms. The van der Waals surface area contributed by atoms with Crippen molar-refractivity contribution in [1.82, 2.24) is 0 Å². The fourth-order valence-electron chi connectivity index (χ4n) is 0.680. The minimum Gasteiger partial charge on any atom is -0.405 e. The van der Waals surface area contributed by atoms with Crippen LogP contribution >= 0.6 is 45.2 Å². The molecule has 0 aliphatic heterocycles. The molecule has 0 atom stereocenters. The van der Waals surface area contributed by atoms with Crippen molar-refractivity contribution in [2.75, 3.05) is 0 Å². The fourth-order valence-corrected chi connectivity index (χ4v) is 1.59. The number of alkyl halides is 3. The molecular weight excluding hydrogens is 411 g/mol. The lowest BCUT2D eigenvalue weighted by Gasteiger charge is -2.10. The van der Waals surface area contributed by atoms with Gasteiger partial charge in [0.05, 0.1) is 3.57 Å². The lowest BCUT2D eigenvalue weighted by molar-refractivity contribution is -0.275. The molecule has 1 aromatic rings. The quantitative estimate of drug-likeness (QED) is 0.636. The molecule has 0 N–H and O–H groups in total. The summed E-state index contributed by atoms with van der Waals surface area (Å²) < 4.78 is 40.4. The summed E-state index contributed by atoms with van der Waals surface area (Å²) in [5, 5.41) is 0. The molecule has 6 heteroatoms. The lowest BCUT2D eigenvalue weighted by Crippen LogP contribution is -2.17. The SMILES string of the molecule is FC(F)(F)Oc1cc(I)ccc1I. The molecule has 72 valence electrons. The van der Waals surface area contributed by atoms with Gasteiger partial charge in [0.25, 0.3) is 0 Å². The summed E-state index contributed by atoms with van der Waals surface area (Å²) >= 11 is 3.71. The van der Waals surface area contributed by atoms with Crippen LogP contribution in [0.1, 0.15) is 0 Å². The maximum absolute atomic E-state index is 11.8. The normalized spacial score (nSPS) is 11.5. The van der Waals surface area contributed by atoms with Gasteiger partial charge < -0.3 is 4.74 Å². The van der Waals surface area contributed by atoms with Crippen molar-refractivity contribution >= 4 is 45.2 Å². The molecule has 0 spiro atoms. The Kier molecular flexibility index (Phi) is 3.66. The van der Waals surface area contributed by atoms with E-state index in [-0.39, 0.29) is 5.75 Å². The van der Waals surface area contributed by atoms with Crippen molar-refractivity contribution in [3.63, 3.8) is 0 Å². The third-order valence-corrected chi connectivity index (χ3v) is 2.68. The van der Waals surface area contributed by atoms with E-state index in [0.717, 1.165) is 0 Å². The number of ether oxygens (including phenoxy) is 1. The highest BCUT2D eigenvalue weighted by atomic mass is 127. The lowest BCUT2D eigenvalue weighted by atomic mass is 10.3. The average Bonchev–Trinajstić information content (AvgIpc) is 1.94. The highest BCUT2D eigenvalue weighted by molar-refractivity contribution is 14.1. The van der Waals surface area contributed by atoms with E-state index >= 15 is 0 Å². The molecule has 0 saturated carbocycles. The van der Waals surface area contributed by atoms with Gasteiger partial charge in [-0.2, -0.15) is 0 Å². The van der Waals surface area contributed by atoms with Gasteiger partial charge in [-0.15, -0.1) is 13.2 Å². The Morgan fingerprint density at radius 3 is 2.31 bits per heavy atom. The predicted molar refractivity (Wildman–Crippen MR) is 58.6 cm³/mol. The number of halogens is 5. The number of rotatable bonds is 1. The summed E-state index contributed by atoms with van der Waals surface area (Å²) in [7, 11) is 0. The van der Waals surface area contributed by atoms with E-state index < -0.39 is 6.36 Å². The number of hydrogen-bond acceptors (Lipinski definition) is 1. The molecule has 0 aromatic heterocycles. The van der Waals surface area contributed by atoms with Gasteiger partial charge in [0, 0.05) is 3.57 Å². The van der Waals surface area contributed by atoms with Crippen LogP contribution in [0.15, 0.2) is 18.2 Å². The first-order chi connectivity index (χ1) is 5.88. The van der Waals surface area contributed by atoms with Crippen LogP contribution < -0.4 is 4.74 Å². The van der Waals surface area contributed by atoms with Crippen LogP contribution in [0, 0.1) is 7.14 Å². The largest absolute Gasteiger partial charge is 0.573 e. The standard InChI is InChI=1S/C7H3F3I2O/c8-7(9,10)13-6-3-4(11)1-2-5(6)12/h1-3H. The highest BCUT2D eigenvalue weighted by Crippen LogP contribution is 2.28. The second-order valence-corrected chi connectivity index (χ2v) is 4.53. The Morgan fingerprint density at radius 1 is 1.15 bits per heavy atom. The molecule has 1 rings (SSSR count). The molecule has 0 amide bonds. The molecule has 0 aliphatic rings. The third-order valence-electron chi connectivity index (χ3n) is 1.12. The maximum Gasteiger partial charge on any atom is 0.573 e. The summed E-state index contributed by atoms with van der Waals surface area (Å²) in [4.78, 5) is 0. The second kappa shape index (κ2) is 4.20. The smallest absolute Gasteiger partial charge is 0.405 e. The predicted octanol–water partition coefficient (Wildman–Crippen LogP) is 3.79. The summed E-state index contributed by atoms with van der Waals surface area (Å²) in [6.45, 7) is 0. The third kappa shape index (κ3) is 3.88. The molecule has 0 fully saturated rings. The Bertz CT molecular complexity index is 311. The van der Waals surface area contributed by atoms with Gasteiger partial charge in [-0.1, -0.05) is 0 Å². The number of benzene rings is 1. The molecule has 0 unspecified atom stereocenters. The van der Waals surface area contributed by atoms with E-state index in [2.05, 4.69) is 4.74 Å². The van der Waals surface area contributed by atoms with Crippen molar-refractivity contribution in [2.24, 2.45) is 0 Å². The molecule has 0 bridgehead atoms. The highest BCUT2D eigenvalue weighted by Gasteiger charge is 2.31. The Labute approximate surface area is 99.9 Å². The van der Waals surface area contributed by atoms with Gasteiger partial charge >= 0.3 is 6.36 Å². The van der Waals surface area contributed by atoms with E-state index in [0.29, 0.717) is 7.14 Å². The zero-order valence-electron chi connectivity index (χ0n) is 6.03. The van der Waals surface area contributed by atoms with E-state index in [4.69, 9.17) is 0 Å². The van der Waals surface area contributed by atoms with Crippen molar-refractivity contribution in [2.45, 2.75) is 6.36 Å². The van der Waals surface area contributed by atoms with Crippen molar-refractivity contribution in [3.05, 3.63) is 25.3 Å². The Hall–Kier alpha value is 0.270. The van der Waals surface area contributed by atoms with E-state index in [1.165, 1.54) is 6.07 Å². The Morgan fingerprint density at radius 2 is 1.77 bits per heavy atom. The van der Waals surface area contributed by atoms with Crippen LogP contribution in [-0.2, 0) is 0 Å². The maximum atomic E-state index is 11.8. The molecule has 0 radical (unpaired) electrons. The van der Waals surface area contributed by atoms with Crippen LogP contribution in [0.25, 0.3) is 0 Å². The van der Waals surface area contributed by atoms with Crippen LogP contribution in [-0.4, -0.2) is 6.36 Å². The first-order valence-electron chi connectivity index (χ1n) is 3.09. The van der Waals surface area contributed by atoms with Gasteiger partial charge in [-0.05, 0) is 63.4 Å². The van der Waals surface area contributed by atoms with Crippen molar-refractivity contribution in [3.8, 4) is 5.75 Å². The zero-order valence-corrected chi connectivity index (χ0v) is 10.3. The molecule has 0 heterocycles. The first kappa shape index (κ1) is 11.3. The molecule has 0 saturated heterocycles. The molecule has 1 aromatic carbocycles. The van der Waals surface area contributed by atoms with Gasteiger partial charge in [-0.3, -0.25) is 0 Å². The minimum atomic E-state index is -4.62. The number of hydrogen-bond donors (Lipinski definition) is 0. The first-order valence-corrected chi connectivity index (χ1v) is 5.25. The van der Waals surface area contributed by atoms with Gasteiger partial charge in [0.1, 0.15) is 5.75 Å². The van der Waals surface area contributed by atoms with E-state index in [9.17, 15) is 13.2 Å². The molecule has 1 nitrogen and oxygen atoms in total. The summed E-state index contributed by atoms with van der Waals surface area (Å²) in [5.74, 6) is -0.153. The van der Waals surface area contributed by atoms with Gasteiger partial charge in [0.2, 0.25) is 0 Å². The Balaban J connectivity index is 2.94. The summed E-state index contributed by atoms with van der Waals surface area (Å²) in [5.41, 5.74) is 0. The topological polar surface area (TPSA) is 9.23 Å². The fraction of sp³-hybridized carbons (Fsp3) is 0.143. The van der Waals surface area contributed by atoms with Crippen LogP contribution in [0.5, 0.6) is 5.75 Å². The summed E-state index contributed by atoms with van der Waals surface area (Å²) in [6.07, 6.45) is -4.62. The second-order valence-electron chi connectivity index (χ2n) is 2.12. The van der Waals surface area contributed by atoms with Crippen LogP contribution in [0.3, 0.4) is 0 Å². The van der Waals surface area contributed by atoms with Crippen LogP contribution in [0.2, 0.25) is 0 Å². The van der Waals surface area contributed by atoms with E-state index in [1.807, 2.05) is 22.6 Å². The van der Waals surface area contributed by atoms with E-state index in [1.54, 1.807) is 34.7 Å². The average molecular weight is 414 g/mol. The summed E-state index contributed by atoms with van der Waals surface area (Å²) in [6, 6.07) is 4.63. The molecule has 0 aliphatic carbocycles. The van der Waals surface area contributed by atoms with Crippen molar-refractivity contribution < 1.29 is 17.9 Å². The monoisotopic (exact) mass is 414 g/mol. The van der Waals surface area contributed by atoms with Gasteiger partial charge in [-0.25, -0.2) is 0 Å². The van der Waals surface area contributed by atoms with Crippen LogP contribution in [0.4, 0.5) is 13.2 Å².